The van der Waals surface area contributed by atoms with E-state index in [4.69, 9.17) is 9.84 Å². The van der Waals surface area contributed by atoms with Gasteiger partial charge in [-0.2, -0.15) is 4.98 Å². The number of ether oxygens (including phenoxy) is 1. The summed E-state index contributed by atoms with van der Waals surface area (Å²) >= 11 is 0. The van der Waals surface area contributed by atoms with Gasteiger partial charge >= 0.3 is 6.09 Å². The fourth-order valence-corrected chi connectivity index (χ4v) is 4.68. The smallest absolute Gasteiger partial charge is 0.407 e. The SMILES string of the molecule is Cc1nc(OC2CCN(C(=O)O)CC2)cc(N2C=CC3=CC(S(C)(=O)=O)=CCC32)n1. The van der Waals surface area contributed by atoms with Crippen molar-refractivity contribution in [2.45, 2.75) is 38.3 Å². The first-order valence-corrected chi connectivity index (χ1v) is 11.7. The molecule has 4 rings (SSSR count). The summed E-state index contributed by atoms with van der Waals surface area (Å²) in [7, 11) is -3.24. The molecule has 1 N–H and O–H groups in total. The molecule has 2 aliphatic heterocycles. The predicted molar refractivity (Wildman–Crippen MR) is 111 cm³/mol. The number of hydrogen-bond donors (Lipinski definition) is 1. The molecule has 9 nitrogen and oxygen atoms in total. The fraction of sp³-hybridized carbons (Fsp3) is 0.450. The average molecular weight is 433 g/mol. The lowest BCUT2D eigenvalue weighted by atomic mass is 10.0. The molecular formula is C20H24N4O5S. The van der Waals surface area contributed by atoms with Crippen LogP contribution < -0.4 is 9.64 Å². The van der Waals surface area contributed by atoms with E-state index in [0.717, 1.165) is 5.57 Å². The summed E-state index contributed by atoms with van der Waals surface area (Å²) in [6.07, 6.45) is 9.26. The van der Waals surface area contributed by atoms with Crippen molar-refractivity contribution in [3.8, 4) is 5.88 Å². The van der Waals surface area contributed by atoms with E-state index in [-0.39, 0.29) is 12.1 Å². The number of sulfone groups is 1. The van der Waals surface area contributed by atoms with Crippen molar-refractivity contribution in [1.29, 1.82) is 0 Å². The zero-order chi connectivity index (χ0) is 21.5. The number of amides is 1. The highest BCUT2D eigenvalue weighted by Crippen LogP contribution is 2.34. The van der Waals surface area contributed by atoms with E-state index in [2.05, 4.69) is 9.97 Å². The van der Waals surface area contributed by atoms with E-state index >= 15 is 0 Å². The first-order valence-electron chi connectivity index (χ1n) is 9.79. The third-order valence-corrected chi connectivity index (χ3v) is 6.63. The highest BCUT2D eigenvalue weighted by Gasteiger charge is 2.30. The lowest BCUT2D eigenvalue weighted by Gasteiger charge is -2.30. The number of piperidine rings is 1. The second kappa shape index (κ2) is 7.75. The molecule has 1 aromatic rings. The normalized spacial score (nSPS) is 21.9. The van der Waals surface area contributed by atoms with Gasteiger partial charge in [0.2, 0.25) is 5.88 Å². The maximum Gasteiger partial charge on any atom is 0.407 e. The van der Waals surface area contributed by atoms with Gasteiger partial charge in [-0.3, -0.25) is 0 Å². The Bertz CT molecular complexity index is 1050. The summed E-state index contributed by atoms with van der Waals surface area (Å²) in [4.78, 5) is 23.7. The molecular weight excluding hydrogens is 408 g/mol. The summed E-state index contributed by atoms with van der Waals surface area (Å²) in [6.45, 7) is 2.68. The monoisotopic (exact) mass is 432 g/mol. The number of nitrogens with zero attached hydrogens (tertiary/aromatic N) is 4. The van der Waals surface area contributed by atoms with Crippen molar-refractivity contribution in [1.82, 2.24) is 14.9 Å². The summed E-state index contributed by atoms with van der Waals surface area (Å²) in [5.41, 5.74) is 0.928. The van der Waals surface area contributed by atoms with E-state index in [1.54, 1.807) is 25.1 Å². The van der Waals surface area contributed by atoms with E-state index in [9.17, 15) is 13.2 Å². The van der Waals surface area contributed by atoms with Gasteiger partial charge in [0.15, 0.2) is 9.84 Å². The molecule has 1 fully saturated rings. The van der Waals surface area contributed by atoms with Gasteiger partial charge in [0.05, 0.1) is 10.9 Å². The van der Waals surface area contributed by atoms with E-state index in [1.165, 1.54) is 11.2 Å². The van der Waals surface area contributed by atoms with Crippen LogP contribution in [0.3, 0.4) is 0 Å². The fourth-order valence-electron chi connectivity index (χ4n) is 3.93. The van der Waals surface area contributed by atoms with E-state index < -0.39 is 15.9 Å². The van der Waals surface area contributed by atoms with Crippen molar-refractivity contribution < 1.29 is 23.1 Å². The molecule has 0 radical (unpaired) electrons. The number of carbonyl (C=O) groups is 1. The minimum Gasteiger partial charge on any atom is -0.474 e. The Hall–Kier alpha value is -2.88. The number of aromatic nitrogens is 2. The highest BCUT2D eigenvalue weighted by molar-refractivity contribution is 7.94. The van der Waals surface area contributed by atoms with Crippen molar-refractivity contribution in [2.24, 2.45) is 0 Å². The predicted octanol–water partition coefficient (Wildman–Crippen LogP) is 2.27. The number of allylic oxidation sites excluding steroid dienone is 1. The Balaban J connectivity index is 1.49. The molecule has 3 aliphatic rings. The van der Waals surface area contributed by atoms with Crippen molar-refractivity contribution in [2.75, 3.05) is 24.2 Å². The molecule has 0 aromatic carbocycles. The number of hydrogen-bond acceptors (Lipinski definition) is 7. The number of rotatable bonds is 4. The highest BCUT2D eigenvalue weighted by atomic mass is 32.2. The van der Waals surface area contributed by atoms with Gasteiger partial charge in [-0.15, -0.1) is 0 Å². The standard InChI is InChI=1S/C20H24N4O5S/c1-13-21-18(12-19(22-13)29-15-6-8-23(9-7-15)20(25)26)24-10-5-14-11-16(30(2,27)28)3-4-17(14)24/h3,5,10-12,15,17H,4,6-9H2,1-2H3,(H,25,26). The topological polar surface area (TPSA) is 113 Å². The zero-order valence-corrected chi connectivity index (χ0v) is 17.7. The van der Waals surface area contributed by atoms with Gasteiger partial charge in [-0.05, 0) is 31.1 Å². The summed E-state index contributed by atoms with van der Waals surface area (Å²) in [6, 6.07) is 1.76. The molecule has 1 aliphatic carbocycles. The van der Waals surface area contributed by atoms with Crippen molar-refractivity contribution in [3.63, 3.8) is 0 Å². The molecule has 0 bridgehead atoms. The van der Waals surface area contributed by atoms with Crippen LogP contribution in [-0.2, 0) is 9.84 Å². The van der Waals surface area contributed by atoms with Gasteiger partial charge in [0.1, 0.15) is 17.7 Å². The van der Waals surface area contributed by atoms with Crippen LogP contribution in [0.5, 0.6) is 5.88 Å². The molecule has 0 saturated carbocycles. The molecule has 1 atom stereocenters. The van der Waals surface area contributed by atoms with Crippen LogP contribution in [-0.4, -0.2) is 66.0 Å². The molecule has 0 spiro atoms. The Morgan fingerprint density at radius 3 is 2.67 bits per heavy atom. The molecule has 1 amide bonds. The van der Waals surface area contributed by atoms with Crippen LogP contribution in [0.15, 0.2) is 41.0 Å². The Morgan fingerprint density at radius 2 is 2.00 bits per heavy atom. The maximum atomic E-state index is 11.8. The molecule has 1 aromatic heterocycles. The number of aryl methyl sites for hydroxylation is 1. The quantitative estimate of drug-likeness (QED) is 0.771. The van der Waals surface area contributed by atoms with E-state index in [1.807, 2.05) is 17.2 Å². The number of fused-ring (bicyclic) bond motifs is 1. The number of likely N-dealkylation sites (tertiary alicyclic amines) is 1. The van der Waals surface area contributed by atoms with Gasteiger partial charge in [0.25, 0.3) is 0 Å². The van der Waals surface area contributed by atoms with Crippen LogP contribution >= 0.6 is 0 Å². The van der Waals surface area contributed by atoms with Gasteiger partial charge in [-0.25, -0.2) is 18.2 Å². The summed E-state index contributed by atoms with van der Waals surface area (Å²) in [5, 5.41) is 9.07. The second-order valence-corrected chi connectivity index (χ2v) is 9.71. The lowest BCUT2D eigenvalue weighted by Crippen LogP contribution is -2.41. The first-order chi connectivity index (χ1) is 14.2. The van der Waals surface area contributed by atoms with Crippen LogP contribution in [0.1, 0.15) is 25.1 Å². The van der Waals surface area contributed by atoms with E-state index in [0.29, 0.717) is 54.8 Å². The molecule has 160 valence electrons. The van der Waals surface area contributed by atoms with Gasteiger partial charge in [-0.1, -0.05) is 6.08 Å². The zero-order valence-electron chi connectivity index (χ0n) is 16.9. The number of anilines is 1. The van der Waals surface area contributed by atoms with Crippen LogP contribution in [0, 0.1) is 6.92 Å². The van der Waals surface area contributed by atoms with Crippen molar-refractivity contribution >= 4 is 21.7 Å². The van der Waals surface area contributed by atoms with Gasteiger partial charge in [0, 0.05) is 44.5 Å². The lowest BCUT2D eigenvalue weighted by molar-refractivity contribution is 0.0869. The van der Waals surface area contributed by atoms with Crippen molar-refractivity contribution in [3.05, 3.63) is 46.8 Å². The average Bonchev–Trinajstić information content (AvgIpc) is 3.10. The first kappa shape index (κ1) is 20.4. The number of carboxylic acid groups (broad SMARTS) is 1. The summed E-state index contributed by atoms with van der Waals surface area (Å²) in [5.74, 6) is 1.71. The third kappa shape index (κ3) is 4.18. The minimum absolute atomic E-state index is 0.0172. The minimum atomic E-state index is -3.24. The third-order valence-electron chi connectivity index (χ3n) is 5.49. The molecule has 10 heteroatoms. The van der Waals surface area contributed by atoms with Crippen LogP contribution in [0.4, 0.5) is 10.6 Å². The Labute approximate surface area is 175 Å². The molecule has 3 heterocycles. The molecule has 1 saturated heterocycles. The maximum absolute atomic E-state index is 11.8. The summed E-state index contributed by atoms with van der Waals surface area (Å²) < 4.78 is 29.7. The molecule has 1 unspecified atom stereocenters. The molecule has 30 heavy (non-hydrogen) atoms. The van der Waals surface area contributed by atoms with Gasteiger partial charge < -0.3 is 19.6 Å². The Kier molecular flexibility index (Phi) is 5.27. The Morgan fingerprint density at radius 1 is 1.27 bits per heavy atom. The largest absolute Gasteiger partial charge is 0.474 e. The van der Waals surface area contributed by atoms with Crippen LogP contribution in [0.25, 0.3) is 0 Å². The van der Waals surface area contributed by atoms with Crippen LogP contribution in [0.2, 0.25) is 0 Å². The second-order valence-electron chi connectivity index (χ2n) is 7.70.